The highest BCUT2D eigenvalue weighted by molar-refractivity contribution is 7.87. The number of hydrogen-bond donors (Lipinski definition) is 0. The van der Waals surface area contributed by atoms with Crippen LogP contribution in [-0.4, -0.2) is 50.3 Å². The molecule has 0 aromatic rings. The van der Waals surface area contributed by atoms with Crippen LogP contribution in [0.5, 0.6) is 0 Å². The van der Waals surface area contributed by atoms with Gasteiger partial charge in [0.2, 0.25) is 0 Å². The zero-order chi connectivity index (χ0) is 20.2. The molecule has 0 N–H and O–H groups in total. The third kappa shape index (κ3) is 3.83. The summed E-state index contributed by atoms with van der Waals surface area (Å²) in [5.41, 5.74) is -1.25. The molecule has 1 saturated heterocycles. The van der Waals surface area contributed by atoms with Crippen molar-refractivity contribution in [3.63, 3.8) is 0 Å². The van der Waals surface area contributed by atoms with Crippen molar-refractivity contribution in [2.75, 3.05) is 6.61 Å². The Bertz CT molecular complexity index is 732. The normalized spacial score (nSPS) is 35.7. The Balaban J connectivity index is 1.63. The first-order valence-electron chi connectivity index (χ1n) is 9.03. The molecule has 27 heavy (non-hydrogen) atoms. The summed E-state index contributed by atoms with van der Waals surface area (Å²) in [6, 6.07) is 0. The second kappa shape index (κ2) is 6.65. The number of halogens is 2. The van der Waals surface area contributed by atoms with Gasteiger partial charge in [0, 0.05) is 18.8 Å². The molecule has 154 valence electrons. The monoisotopic (exact) mass is 410 g/mol. The molecular weight excluding hydrogens is 386 g/mol. The maximum atomic E-state index is 12.8. The van der Waals surface area contributed by atoms with Crippen molar-refractivity contribution in [1.82, 2.24) is 0 Å². The Hall–Kier alpha value is -1.29. The summed E-state index contributed by atoms with van der Waals surface area (Å²) in [6.07, 6.45) is -0.476. The average Bonchev–Trinajstić information content (AvgIpc) is 3.16. The molecule has 3 rings (SSSR count). The lowest BCUT2D eigenvalue weighted by Crippen LogP contribution is -2.42. The van der Waals surface area contributed by atoms with Crippen LogP contribution in [0.25, 0.3) is 0 Å². The molecule has 0 amide bonds. The van der Waals surface area contributed by atoms with Crippen molar-refractivity contribution in [2.24, 2.45) is 17.3 Å². The largest absolute Gasteiger partial charge is 0.459 e. The Morgan fingerprint density at radius 3 is 2.48 bits per heavy atom. The van der Waals surface area contributed by atoms with Crippen molar-refractivity contribution in [3.05, 3.63) is 0 Å². The number of rotatable bonds is 7. The molecule has 0 aromatic carbocycles. The van der Waals surface area contributed by atoms with Crippen LogP contribution in [0.15, 0.2) is 0 Å². The molecule has 2 saturated carbocycles. The van der Waals surface area contributed by atoms with Crippen molar-refractivity contribution in [3.8, 4) is 0 Å². The summed E-state index contributed by atoms with van der Waals surface area (Å²) >= 11 is 0. The molecule has 0 spiro atoms. The lowest BCUT2D eigenvalue weighted by Gasteiger charge is -2.31. The van der Waals surface area contributed by atoms with E-state index in [9.17, 15) is 26.8 Å². The number of fused-ring (bicyclic) bond motifs is 1. The number of esters is 2. The summed E-state index contributed by atoms with van der Waals surface area (Å²) in [7, 11) is -3.62. The number of carbonyl (C=O) groups excluding carboxylic acids is 2. The second-order valence-electron chi connectivity index (χ2n) is 8.18. The van der Waals surface area contributed by atoms with Gasteiger partial charge in [0.05, 0.1) is 17.1 Å². The zero-order valence-corrected chi connectivity index (χ0v) is 16.3. The van der Waals surface area contributed by atoms with Crippen LogP contribution in [0.3, 0.4) is 0 Å². The van der Waals surface area contributed by atoms with Crippen LogP contribution < -0.4 is 0 Å². The van der Waals surface area contributed by atoms with Crippen molar-refractivity contribution in [1.29, 1.82) is 0 Å². The Morgan fingerprint density at radius 2 is 1.89 bits per heavy atom. The number of alkyl halides is 2. The van der Waals surface area contributed by atoms with Gasteiger partial charge >= 0.3 is 11.9 Å². The Labute approximate surface area is 156 Å². The summed E-state index contributed by atoms with van der Waals surface area (Å²) in [5.74, 6) is -4.98. The first kappa shape index (κ1) is 20.4. The number of hydrogen-bond acceptors (Lipinski definition) is 7. The van der Waals surface area contributed by atoms with Gasteiger partial charge in [-0.3, -0.25) is 13.8 Å². The van der Waals surface area contributed by atoms with E-state index in [4.69, 9.17) is 8.92 Å². The molecule has 10 heteroatoms. The topological polar surface area (TPSA) is 96.0 Å². The van der Waals surface area contributed by atoms with E-state index in [-0.39, 0.29) is 18.3 Å². The molecule has 2 bridgehead atoms. The van der Waals surface area contributed by atoms with Crippen LogP contribution in [0, 0.1) is 17.3 Å². The third-order valence-electron chi connectivity index (χ3n) is 5.95. The van der Waals surface area contributed by atoms with Gasteiger partial charge in [0.1, 0.15) is 12.2 Å². The third-order valence-corrected chi connectivity index (χ3v) is 7.73. The molecule has 6 atom stereocenters. The van der Waals surface area contributed by atoms with Crippen LogP contribution in [-0.2, 0) is 33.4 Å². The summed E-state index contributed by atoms with van der Waals surface area (Å²) in [4.78, 5) is 24.6. The van der Waals surface area contributed by atoms with E-state index in [0.29, 0.717) is 19.8 Å². The molecule has 0 aromatic heterocycles. The van der Waals surface area contributed by atoms with Crippen LogP contribution in [0.4, 0.5) is 8.78 Å². The fourth-order valence-corrected chi connectivity index (χ4v) is 6.11. The highest BCUT2D eigenvalue weighted by atomic mass is 32.2. The van der Waals surface area contributed by atoms with Gasteiger partial charge < -0.3 is 9.47 Å². The van der Waals surface area contributed by atoms with Gasteiger partial charge in [-0.25, -0.2) is 8.78 Å². The minimum Gasteiger partial charge on any atom is -0.459 e. The smallest absolute Gasteiger partial charge is 0.312 e. The van der Waals surface area contributed by atoms with E-state index >= 15 is 0 Å². The van der Waals surface area contributed by atoms with E-state index in [0.717, 1.165) is 0 Å². The Morgan fingerprint density at radius 1 is 1.22 bits per heavy atom. The maximum Gasteiger partial charge on any atom is 0.312 e. The van der Waals surface area contributed by atoms with Crippen molar-refractivity contribution in [2.45, 2.75) is 69.8 Å². The quantitative estimate of drug-likeness (QED) is 0.468. The lowest BCUT2D eigenvalue weighted by atomic mass is 9.83. The fourth-order valence-electron chi connectivity index (χ4n) is 4.23. The van der Waals surface area contributed by atoms with Gasteiger partial charge in [-0.05, 0) is 26.2 Å². The standard InChI is InChI=1S/C17H24F2O7S/c1-4-16(2,7-12(20)24-8-17(3,18)19)15(21)25-13-9-5-10-11(6-9)27(22,23)26-14(10)13/h9-11,13-14H,4-8H2,1-3H3. The maximum absolute atomic E-state index is 12.8. The van der Waals surface area contributed by atoms with Gasteiger partial charge in [-0.15, -0.1) is 0 Å². The fraction of sp³-hybridized carbons (Fsp3) is 0.882. The molecule has 3 aliphatic rings. The SMILES string of the molecule is CCC(C)(CC(=O)OCC(C)(F)F)C(=O)OC1C2CC3C1OS(=O)(=O)C3C2. The van der Waals surface area contributed by atoms with Crippen LogP contribution in [0.2, 0.25) is 0 Å². The Kier molecular flexibility index (Phi) is 5.03. The van der Waals surface area contributed by atoms with Crippen molar-refractivity contribution < 1.29 is 40.4 Å². The molecule has 2 aliphatic carbocycles. The molecule has 1 heterocycles. The van der Waals surface area contributed by atoms with E-state index in [2.05, 4.69) is 4.74 Å². The molecule has 7 nitrogen and oxygen atoms in total. The molecule has 0 radical (unpaired) electrons. The van der Waals surface area contributed by atoms with Crippen LogP contribution >= 0.6 is 0 Å². The molecular formula is C17H24F2O7S. The number of carbonyl (C=O) groups is 2. The van der Waals surface area contributed by atoms with E-state index in [1.54, 1.807) is 6.92 Å². The van der Waals surface area contributed by atoms with Crippen molar-refractivity contribution >= 4 is 22.1 Å². The van der Waals surface area contributed by atoms with Gasteiger partial charge in [-0.2, -0.15) is 8.42 Å². The second-order valence-corrected chi connectivity index (χ2v) is 9.96. The van der Waals surface area contributed by atoms with Gasteiger partial charge in [0.25, 0.3) is 16.0 Å². The van der Waals surface area contributed by atoms with E-state index < -0.39 is 63.9 Å². The average molecular weight is 410 g/mol. The molecule has 1 aliphatic heterocycles. The summed E-state index contributed by atoms with van der Waals surface area (Å²) < 4.78 is 64.9. The highest BCUT2D eigenvalue weighted by Gasteiger charge is 2.65. The first-order valence-corrected chi connectivity index (χ1v) is 10.5. The van der Waals surface area contributed by atoms with E-state index in [1.165, 1.54) is 6.92 Å². The minimum absolute atomic E-state index is 0.0851. The molecule has 3 fully saturated rings. The summed E-state index contributed by atoms with van der Waals surface area (Å²) in [5, 5.41) is -0.522. The zero-order valence-electron chi connectivity index (χ0n) is 15.4. The minimum atomic E-state index is -3.62. The first-order chi connectivity index (χ1) is 12.4. The predicted molar refractivity (Wildman–Crippen MR) is 88.3 cm³/mol. The van der Waals surface area contributed by atoms with E-state index in [1.807, 2.05) is 0 Å². The van der Waals surface area contributed by atoms with Gasteiger partial charge in [0.15, 0.2) is 6.61 Å². The predicted octanol–water partition coefficient (Wildman–Crippen LogP) is 2.04. The van der Waals surface area contributed by atoms with Crippen LogP contribution in [0.1, 0.15) is 46.5 Å². The highest BCUT2D eigenvalue weighted by Crippen LogP contribution is 2.55. The lowest BCUT2D eigenvalue weighted by molar-refractivity contribution is -0.173. The van der Waals surface area contributed by atoms with Gasteiger partial charge in [-0.1, -0.05) is 6.92 Å². The number of ether oxygens (including phenoxy) is 2. The molecule has 6 unspecified atom stereocenters. The summed E-state index contributed by atoms with van der Waals surface area (Å²) in [6.45, 7) is 2.76.